The highest BCUT2D eigenvalue weighted by Crippen LogP contribution is 2.56. The van der Waals surface area contributed by atoms with E-state index in [0.717, 1.165) is 6.26 Å². The second-order valence-electron chi connectivity index (χ2n) is 5.47. The molecule has 1 atom stereocenters. The fourth-order valence-corrected chi connectivity index (χ4v) is 6.70. The third-order valence-corrected chi connectivity index (χ3v) is 8.45. The minimum absolute atomic E-state index is 0.162. The summed E-state index contributed by atoms with van der Waals surface area (Å²) >= 11 is 6.40. The summed E-state index contributed by atoms with van der Waals surface area (Å²) < 4.78 is 41.0. The maximum atomic E-state index is 12.7. The summed E-state index contributed by atoms with van der Waals surface area (Å²) in [6.07, 6.45) is 1.14. The van der Waals surface area contributed by atoms with Crippen molar-refractivity contribution in [1.29, 1.82) is 0 Å². The van der Waals surface area contributed by atoms with Crippen LogP contribution in [0.15, 0.2) is 29.2 Å². The van der Waals surface area contributed by atoms with Gasteiger partial charge in [-0.3, -0.25) is 9.65 Å². The van der Waals surface area contributed by atoms with Crippen molar-refractivity contribution < 1.29 is 17.5 Å². The zero-order chi connectivity index (χ0) is 18.4. The Hall–Kier alpha value is -0.600. The highest BCUT2D eigenvalue weighted by atomic mass is 32.7. The van der Waals surface area contributed by atoms with Crippen LogP contribution in [0.4, 0.5) is 5.69 Å². The monoisotopic (exact) mass is 410 g/mol. The lowest BCUT2D eigenvalue weighted by atomic mass is 10.3. The molecule has 10 heteroatoms. The summed E-state index contributed by atoms with van der Waals surface area (Å²) in [7, 11) is -3.24. The number of hydrogen-bond donors (Lipinski definition) is 2. The van der Waals surface area contributed by atoms with E-state index in [1.165, 1.54) is 23.5 Å². The van der Waals surface area contributed by atoms with Gasteiger partial charge in [0.05, 0.1) is 11.5 Å². The van der Waals surface area contributed by atoms with E-state index in [2.05, 4.69) is 10.4 Å². The lowest BCUT2D eigenvalue weighted by Crippen LogP contribution is -2.26. The molecule has 0 aromatic heterocycles. The first-order chi connectivity index (χ1) is 11.1. The van der Waals surface area contributed by atoms with Crippen LogP contribution in [-0.4, -0.2) is 32.1 Å². The van der Waals surface area contributed by atoms with Crippen LogP contribution >= 0.6 is 30.3 Å². The van der Waals surface area contributed by atoms with E-state index in [4.69, 9.17) is 16.7 Å². The van der Waals surface area contributed by atoms with Crippen molar-refractivity contribution in [3.63, 3.8) is 0 Å². The Bertz CT molecular complexity index is 705. The first-order valence-electron chi connectivity index (χ1n) is 7.34. The van der Waals surface area contributed by atoms with Gasteiger partial charge in [-0.15, -0.1) is 0 Å². The van der Waals surface area contributed by atoms with Crippen molar-refractivity contribution in [3.05, 3.63) is 24.3 Å². The first kappa shape index (κ1) is 21.4. The molecule has 0 fully saturated rings. The molecule has 1 rings (SSSR count). The number of nitrogens with one attached hydrogen (secondary N) is 2. The molecule has 0 aliphatic rings. The molecule has 1 aromatic rings. The third kappa shape index (κ3) is 7.53. The van der Waals surface area contributed by atoms with Crippen molar-refractivity contribution in [2.45, 2.75) is 25.7 Å². The molecule has 0 radical (unpaired) electrons. The second kappa shape index (κ2) is 9.20. The van der Waals surface area contributed by atoms with Crippen molar-refractivity contribution in [1.82, 2.24) is 5.09 Å². The standard InChI is InChI=1S/C14H23N2O4PS3/c1-5-20-21(17,23-10-11(2)3)16-14(22)15-12-6-8-13(9-7-12)24(4,18)19/h6-9,11H,5,10H2,1-4H3,(H2,15,16,17,22). The second-order valence-corrected chi connectivity index (χ2v) is 12.2. The molecule has 0 heterocycles. The summed E-state index contributed by atoms with van der Waals surface area (Å²) in [6, 6.07) is 6.15. The zero-order valence-electron chi connectivity index (χ0n) is 14.1. The molecule has 1 aromatic carbocycles. The molecule has 24 heavy (non-hydrogen) atoms. The van der Waals surface area contributed by atoms with Crippen LogP contribution in [0.5, 0.6) is 0 Å². The molecule has 0 amide bonds. The summed E-state index contributed by atoms with van der Waals surface area (Å²) in [5.74, 6) is 1.05. The van der Waals surface area contributed by atoms with Gasteiger partial charge in [-0.05, 0) is 60.7 Å². The van der Waals surface area contributed by atoms with Gasteiger partial charge in [0.1, 0.15) is 0 Å². The molecule has 136 valence electrons. The van der Waals surface area contributed by atoms with Gasteiger partial charge in [0, 0.05) is 17.7 Å². The summed E-state index contributed by atoms with van der Waals surface area (Å²) in [5, 5.41) is 5.79. The van der Waals surface area contributed by atoms with Gasteiger partial charge in [-0.1, -0.05) is 13.8 Å². The Balaban J connectivity index is 2.73. The SMILES string of the molecule is CCOP(=O)(NC(=S)Nc1ccc(S(C)(=O)=O)cc1)SCC(C)C. The average Bonchev–Trinajstić information content (AvgIpc) is 2.45. The van der Waals surface area contributed by atoms with Crippen LogP contribution in [0.3, 0.4) is 0 Å². The number of hydrogen-bond acceptors (Lipinski definition) is 6. The zero-order valence-corrected chi connectivity index (χ0v) is 17.4. The van der Waals surface area contributed by atoms with E-state index in [0.29, 0.717) is 24.0 Å². The number of rotatable bonds is 8. The minimum atomic E-state index is -3.24. The lowest BCUT2D eigenvalue weighted by Gasteiger charge is -2.20. The molecule has 0 aliphatic heterocycles. The molecule has 0 spiro atoms. The normalized spacial score (nSPS) is 14.2. The highest BCUT2D eigenvalue weighted by Gasteiger charge is 2.25. The van der Waals surface area contributed by atoms with Crippen molar-refractivity contribution >= 4 is 51.0 Å². The quantitative estimate of drug-likeness (QED) is 0.493. The van der Waals surface area contributed by atoms with Crippen LogP contribution in [0.25, 0.3) is 0 Å². The van der Waals surface area contributed by atoms with Crippen LogP contribution in [-0.2, 0) is 18.9 Å². The molecule has 0 bridgehead atoms. The molecule has 2 N–H and O–H groups in total. The van der Waals surface area contributed by atoms with E-state index >= 15 is 0 Å². The summed E-state index contributed by atoms with van der Waals surface area (Å²) in [6.45, 7) is 3.00. The molecular formula is C14H23N2O4PS3. The van der Waals surface area contributed by atoms with Gasteiger partial charge < -0.3 is 9.84 Å². The summed E-state index contributed by atoms with van der Waals surface area (Å²) in [5.41, 5.74) is 0.594. The lowest BCUT2D eigenvalue weighted by molar-refractivity contribution is 0.343. The number of thiocarbonyl (C=S) groups is 1. The van der Waals surface area contributed by atoms with Crippen molar-refractivity contribution in [3.8, 4) is 0 Å². The van der Waals surface area contributed by atoms with Gasteiger partial charge in [0.15, 0.2) is 14.9 Å². The van der Waals surface area contributed by atoms with E-state index in [1.54, 1.807) is 19.1 Å². The molecule has 6 nitrogen and oxygen atoms in total. The molecule has 0 aliphatic carbocycles. The maximum Gasteiger partial charge on any atom is 0.352 e. The first-order valence-corrected chi connectivity index (χ1v) is 12.9. The Morgan fingerprint density at radius 3 is 2.38 bits per heavy atom. The Morgan fingerprint density at radius 2 is 1.92 bits per heavy atom. The van der Waals surface area contributed by atoms with E-state index in [-0.39, 0.29) is 10.0 Å². The highest BCUT2D eigenvalue weighted by molar-refractivity contribution is 8.56. The van der Waals surface area contributed by atoms with Gasteiger partial charge in [0.25, 0.3) is 0 Å². The predicted molar refractivity (Wildman–Crippen MR) is 105 cm³/mol. The number of sulfone groups is 1. The van der Waals surface area contributed by atoms with Gasteiger partial charge >= 0.3 is 6.72 Å². The Morgan fingerprint density at radius 1 is 1.33 bits per heavy atom. The van der Waals surface area contributed by atoms with Crippen LogP contribution in [0, 0.1) is 5.92 Å². The van der Waals surface area contributed by atoms with Gasteiger partial charge in [0.2, 0.25) is 0 Å². The van der Waals surface area contributed by atoms with E-state index in [1.807, 2.05) is 13.8 Å². The van der Waals surface area contributed by atoms with Gasteiger partial charge in [-0.25, -0.2) is 8.42 Å². The fourth-order valence-electron chi connectivity index (χ4n) is 1.59. The topological polar surface area (TPSA) is 84.5 Å². The average molecular weight is 411 g/mol. The molecule has 0 saturated carbocycles. The molecule has 1 unspecified atom stereocenters. The Labute approximate surface area is 153 Å². The fraction of sp³-hybridized carbons (Fsp3) is 0.500. The third-order valence-electron chi connectivity index (χ3n) is 2.66. The minimum Gasteiger partial charge on any atom is -0.332 e. The van der Waals surface area contributed by atoms with Crippen LogP contribution < -0.4 is 10.4 Å². The molecular weight excluding hydrogens is 387 g/mol. The van der Waals surface area contributed by atoms with Crippen LogP contribution in [0.2, 0.25) is 0 Å². The number of anilines is 1. The smallest absolute Gasteiger partial charge is 0.332 e. The summed E-state index contributed by atoms with van der Waals surface area (Å²) in [4.78, 5) is 0.222. The van der Waals surface area contributed by atoms with E-state index in [9.17, 15) is 13.0 Å². The van der Waals surface area contributed by atoms with Crippen LogP contribution in [0.1, 0.15) is 20.8 Å². The molecule has 0 saturated heterocycles. The van der Waals surface area contributed by atoms with E-state index < -0.39 is 16.6 Å². The largest absolute Gasteiger partial charge is 0.352 e. The van der Waals surface area contributed by atoms with Crippen molar-refractivity contribution in [2.24, 2.45) is 5.92 Å². The maximum absolute atomic E-state index is 12.7. The van der Waals surface area contributed by atoms with Crippen molar-refractivity contribution in [2.75, 3.05) is 23.9 Å². The predicted octanol–water partition coefficient (Wildman–Crippen LogP) is 3.91. The Kier molecular flexibility index (Phi) is 8.22. The number of benzene rings is 1. The van der Waals surface area contributed by atoms with Gasteiger partial charge in [-0.2, -0.15) is 0 Å².